The summed E-state index contributed by atoms with van der Waals surface area (Å²) < 4.78 is 0. The Kier molecular flexibility index (Phi) is 4.11. The number of hydrogen-bond donors (Lipinski definition) is 2. The molecule has 1 rings (SSSR count). The number of nitrogens with two attached hydrogens (primary N) is 1. The summed E-state index contributed by atoms with van der Waals surface area (Å²) in [6.07, 6.45) is 0. The molecule has 0 aliphatic heterocycles. The predicted molar refractivity (Wildman–Crippen MR) is 71.1 cm³/mol. The first-order chi connectivity index (χ1) is 8.24. The number of aryl methyl sites for hydroxylation is 2. The Bertz CT molecular complexity index is 479. The fourth-order valence-corrected chi connectivity index (χ4v) is 1.95. The summed E-state index contributed by atoms with van der Waals surface area (Å²) in [7, 11) is 0. The molecule has 0 fully saturated rings. The van der Waals surface area contributed by atoms with Gasteiger partial charge < -0.3 is 11.1 Å². The largest absolute Gasteiger partial charge is 0.361 e. The molecule has 4 heteroatoms. The third-order valence-corrected chi connectivity index (χ3v) is 3.04. The molecule has 0 bridgehead atoms. The van der Waals surface area contributed by atoms with E-state index in [1.807, 2.05) is 27.7 Å². The highest BCUT2D eigenvalue weighted by Gasteiger charge is 2.24. The lowest BCUT2D eigenvalue weighted by Crippen LogP contribution is -2.42. The van der Waals surface area contributed by atoms with Gasteiger partial charge in [-0.1, -0.05) is 37.6 Å². The zero-order valence-corrected chi connectivity index (χ0v) is 11.3. The van der Waals surface area contributed by atoms with Crippen molar-refractivity contribution in [3.05, 3.63) is 34.9 Å². The van der Waals surface area contributed by atoms with Gasteiger partial charge in [0, 0.05) is 12.0 Å². The summed E-state index contributed by atoms with van der Waals surface area (Å²) in [6.45, 7) is 8.48. The molecule has 0 spiro atoms. The standard InChI is InChI=1S/C14H20N2O2/c1-9-5-6-10(2)11(7-9)14(3,4)8-16-13(18)12(15)17/h5-7H,8H2,1-4H3,(H2,15,17)(H,16,18). The molecule has 18 heavy (non-hydrogen) atoms. The summed E-state index contributed by atoms with van der Waals surface area (Å²) in [6, 6.07) is 6.21. The van der Waals surface area contributed by atoms with E-state index in [1.165, 1.54) is 11.1 Å². The van der Waals surface area contributed by atoms with Gasteiger partial charge in [-0.25, -0.2) is 0 Å². The first-order valence-corrected chi connectivity index (χ1v) is 5.89. The van der Waals surface area contributed by atoms with E-state index in [-0.39, 0.29) is 5.41 Å². The van der Waals surface area contributed by atoms with Crippen molar-refractivity contribution in [2.24, 2.45) is 5.73 Å². The molecule has 0 saturated heterocycles. The molecular weight excluding hydrogens is 228 g/mol. The molecule has 0 aliphatic carbocycles. The highest BCUT2D eigenvalue weighted by molar-refractivity contribution is 6.34. The van der Waals surface area contributed by atoms with Crippen LogP contribution in [0.5, 0.6) is 0 Å². The molecule has 98 valence electrons. The molecule has 0 aliphatic rings. The smallest absolute Gasteiger partial charge is 0.309 e. The van der Waals surface area contributed by atoms with Crippen LogP contribution in [-0.2, 0) is 15.0 Å². The summed E-state index contributed by atoms with van der Waals surface area (Å²) in [5, 5.41) is 2.55. The molecule has 2 amide bonds. The van der Waals surface area contributed by atoms with Gasteiger partial charge in [-0.05, 0) is 25.0 Å². The number of rotatable bonds is 3. The second kappa shape index (κ2) is 5.21. The van der Waals surface area contributed by atoms with E-state index in [0.717, 1.165) is 5.56 Å². The van der Waals surface area contributed by atoms with E-state index < -0.39 is 11.8 Å². The first kappa shape index (κ1) is 14.2. The van der Waals surface area contributed by atoms with E-state index in [2.05, 4.69) is 23.5 Å². The third kappa shape index (κ3) is 3.32. The molecule has 0 radical (unpaired) electrons. The maximum Gasteiger partial charge on any atom is 0.309 e. The number of carbonyl (C=O) groups excluding carboxylic acids is 2. The van der Waals surface area contributed by atoms with Crippen molar-refractivity contribution in [2.75, 3.05) is 6.54 Å². The van der Waals surface area contributed by atoms with E-state index in [0.29, 0.717) is 6.54 Å². The van der Waals surface area contributed by atoms with Crippen LogP contribution in [0.4, 0.5) is 0 Å². The molecule has 4 nitrogen and oxygen atoms in total. The Labute approximate surface area is 108 Å². The molecule has 1 aromatic rings. The van der Waals surface area contributed by atoms with E-state index in [4.69, 9.17) is 5.73 Å². The average molecular weight is 248 g/mol. The van der Waals surface area contributed by atoms with Gasteiger partial charge in [-0.2, -0.15) is 0 Å². The minimum Gasteiger partial charge on any atom is -0.361 e. The Balaban J connectivity index is 2.89. The lowest BCUT2D eigenvalue weighted by Gasteiger charge is -2.27. The van der Waals surface area contributed by atoms with Crippen molar-refractivity contribution in [3.63, 3.8) is 0 Å². The van der Waals surface area contributed by atoms with Crippen LogP contribution in [0.15, 0.2) is 18.2 Å². The number of carbonyl (C=O) groups is 2. The number of nitrogens with one attached hydrogen (secondary N) is 1. The lowest BCUT2D eigenvalue weighted by atomic mass is 9.81. The monoisotopic (exact) mass is 248 g/mol. The van der Waals surface area contributed by atoms with Gasteiger partial charge in [0.15, 0.2) is 0 Å². The average Bonchev–Trinajstić information content (AvgIpc) is 2.29. The van der Waals surface area contributed by atoms with Crippen LogP contribution >= 0.6 is 0 Å². The van der Waals surface area contributed by atoms with Crippen LogP contribution in [0, 0.1) is 13.8 Å². The van der Waals surface area contributed by atoms with Gasteiger partial charge in [0.2, 0.25) is 0 Å². The Morgan fingerprint density at radius 3 is 2.44 bits per heavy atom. The Hall–Kier alpha value is -1.84. The fourth-order valence-electron chi connectivity index (χ4n) is 1.95. The predicted octanol–water partition coefficient (Wildman–Crippen LogP) is 1.18. The molecule has 1 aromatic carbocycles. The fraction of sp³-hybridized carbons (Fsp3) is 0.429. The summed E-state index contributed by atoms with van der Waals surface area (Å²) in [5.74, 6) is -1.69. The molecular formula is C14H20N2O2. The first-order valence-electron chi connectivity index (χ1n) is 5.89. The van der Waals surface area contributed by atoms with Crippen molar-refractivity contribution in [3.8, 4) is 0 Å². The second-order valence-electron chi connectivity index (χ2n) is 5.25. The van der Waals surface area contributed by atoms with Crippen molar-refractivity contribution in [1.29, 1.82) is 0 Å². The van der Waals surface area contributed by atoms with Gasteiger partial charge in [0.1, 0.15) is 0 Å². The van der Waals surface area contributed by atoms with Gasteiger partial charge in [0.25, 0.3) is 0 Å². The molecule has 0 saturated carbocycles. The number of amides is 2. The van der Waals surface area contributed by atoms with E-state index in [1.54, 1.807) is 0 Å². The van der Waals surface area contributed by atoms with Crippen LogP contribution in [0.25, 0.3) is 0 Å². The van der Waals surface area contributed by atoms with Crippen LogP contribution in [-0.4, -0.2) is 18.4 Å². The van der Waals surface area contributed by atoms with Crippen LogP contribution in [0.2, 0.25) is 0 Å². The van der Waals surface area contributed by atoms with Crippen molar-refractivity contribution in [1.82, 2.24) is 5.32 Å². The highest BCUT2D eigenvalue weighted by atomic mass is 16.2. The van der Waals surface area contributed by atoms with Gasteiger partial charge >= 0.3 is 11.8 Å². The molecule has 0 atom stereocenters. The molecule has 0 aromatic heterocycles. The maximum atomic E-state index is 11.2. The van der Waals surface area contributed by atoms with Crippen LogP contribution < -0.4 is 11.1 Å². The highest BCUT2D eigenvalue weighted by Crippen LogP contribution is 2.26. The van der Waals surface area contributed by atoms with E-state index >= 15 is 0 Å². The van der Waals surface area contributed by atoms with Crippen molar-refractivity contribution in [2.45, 2.75) is 33.1 Å². The minimum absolute atomic E-state index is 0.249. The SMILES string of the molecule is Cc1ccc(C)c(C(C)(C)CNC(=O)C(N)=O)c1. The molecule has 0 unspecified atom stereocenters. The van der Waals surface area contributed by atoms with Gasteiger partial charge in [0.05, 0.1) is 0 Å². The van der Waals surface area contributed by atoms with Crippen molar-refractivity contribution < 1.29 is 9.59 Å². The van der Waals surface area contributed by atoms with E-state index in [9.17, 15) is 9.59 Å². The summed E-state index contributed by atoms with van der Waals surface area (Å²) >= 11 is 0. The van der Waals surface area contributed by atoms with Crippen molar-refractivity contribution >= 4 is 11.8 Å². The number of benzene rings is 1. The maximum absolute atomic E-state index is 11.2. The summed E-state index contributed by atoms with van der Waals surface area (Å²) in [4.78, 5) is 21.9. The zero-order chi connectivity index (χ0) is 13.9. The number of primary amides is 1. The van der Waals surface area contributed by atoms with Gasteiger partial charge in [-0.15, -0.1) is 0 Å². The normalized spacial score (nSPS) is 11.1. The zero-order valence-electron chi connectivity index (χ0n) is 11.3. The third-order valence-electron chi connectivity index (χ3n) is 3.04. The number of hydrogen-bond acceptors (Lipinski definition) is 2. The molecule has 3 N–H and O–H groups in total. The molecule has 0 heterocycles. The van der Waals surface area contributed by atoms with Crippen LogP contribution in [0.1, 0.15) is 30.5 Å². The van der Waals surface area contributed by atoms with Gasteiger partial charge in [-0.3, -0.25) is 9.59 Å². The topological polar surface area (TPSA) is 72.2 Å². The Morgan fingerprint density at radius 1 is 1.28 bits per heavy atom. The lowest BCUT2D eigenvalue weighted by molar-refractivity contribution is -0.137. The summed E-state index contributed by atoms with van der Waals surface area (Å²) in [5.41, 5.74) is 8.15. The van der Waals surface area contributed by atoms with Crippen LogP contribution in [0.3, 0.4) is 0 Å². The Morgan fingerprint density at radius 2 is 1.89 bits per heavy atom. The second-order valence-corrected chi connectivity index (χ2v) is 5.25. The minimum atomic E-state index is -0.952. The quantitative estimate of drug-likeness (QED) is 0.788.